The van der Waals surface area contributed by atoms with Crippen molar-refractivity contribution in [1.82, 2.24) is 4.90 Å². The zero-order valence-corrected chi connectivity index (χ0v) is 17.4. The number of nitriles is 3. The second-order valence-electron chi connectivity index (χ2n) is 8.41. The number of aryl methyl sites for hydroxylation is 1. The van der Waals surface area contributed by atoms with E-state index >= 15 is 0 Å². The SMILES string of the molecule is N#CC1=C(N2CCCCC2)C2=C(c3ccccc3CC2)[C@]1(C#N)c1ccccc1C#N. The van der Waals surface area contributed by atoms with E-state index in [2.05, 4.69) is 35.2 Å². The first-order chi connectivity index (χ1) is 15.3. The van der Waals surface area contributed by atoms with Crippen molar-refractivity contribution in [3.05, 3.63) is 87.6 Å². The molecule has 0 bridgehead atoms. The molecule has 0 N–H and O–H groups in total. The van der Waals surface area contributed by atoms with E-state index in [1.807, 2.05) is 30.3 Å². The molecule has 150 valence electrons. The smallest absolute Gasteiger partial charge is 0.146 e. The van der Waals surface area contributed by atoms with E-state index in [9.17, 15) is 15.8 Å². The molecule has 5 rings (SSSR count). The van der Waals surface area contributed by atoms with Crippen molar-refractivity contribution >= 4 is 5.57 Å². The molecule has 1 atom stereocenters. The van der Waals surface area contributed by atoms with Crippen LogP contribution in [0.1, 0.15) is 47.9 Å². The average Bonchev–Trinajstić information content (AvgIpc) is 3.15. The molecule has 4 nitrogen and oxygen atoms in total. The summed E-state index contributed by atoms with van der Waals surface area (Å²) in [7, 11) is 0. The molecule has 0 amide bonds. The van der Waals surface area contributed by atoms with Crippen molar-refractivity contribution in [3.8, 4) is 18.2 Å². The Hall–Kier alpha value is -3.81. The topological polar surface area (TPSA) is 74.6 Å². The third-order valence-corrected chi connectivity index (χ3v) is 6.91. The predicted octanol–water partition coefficient (Wildman–Crippen LogP) is 5.00. The van der Waals surface area contributed by atoms with E-state index < -0.39 is 5.41 Å². The number of hydrogen-bond donors (Lipinski definition) is 0. The van der Waals surface area contributed by atoms with Gasteiger partial charge in [0.15, 0.2) is 0 Å². The molecule has 1 saturated heterocycles. The summed E-state index contributed by atoms with van der Waals surface area (Å²) in [5.41, 5.74) is 5.51. The highest BCUT2D eigenvalue weighted by molar-refractivity contribution is 5.95. The molecule has 0 unspecified atom stereocenters. The molecule has 3 aliphatic rings. The van der Waals surface area contributed by atoms with Crippen LogP contribution in [0.3, 0.4) is 0 Å². The summed E-state index contributed by atoms with van der Waals surface area (Å²) in [4.78, 5) is 2.32. The normalized spacial score (nSPS) is 22.3. The van der Waals surface area contributed by atoms with Crippen LogP contribution >= 0.6 is 0 Å². The lowest BCUT2D eigenvalue weighted by atomic mass is 9.67. The fourth-order valence-corrected chi connectivity index (χ4v) is 5.60. The van der Waals surface area contributed by atoms with Crippen LogP contribution in [-0.4, -0.2) is 18.0 Å². The van der Waals surface area contributed by atoms with Crippen molar-refractivity contribution in [2.75, 3.05) is 13.1 Å². The second-order valence-corrected chi connectivity index (χ2v) is 8.41. The van der Waals surface area contributed by atoms with Gasteiger partial charge in [-0.1, -0.05) is 42.5 Å². The van der Waals surface area contributed by atoms with Gasteiger partial charge in [0.25, 0.3) is 0 Å². The maximum Gasteiger partial charge on any atom is 0.146 e. The Bertz CT molecular complexity index is 1260. The average molecular weight is 403 g/mol. The summed E-state index contributed by atoms with van der Waals surface area (Å²) >= 11 is 0. The van der Waals surface area contributed by atoms with E-state index in [1.165, 1.54) is 12.0 Å². The van der Waals surface area contributed by atoms with Gasteiger partial charge in [0.1, 0.15) is 5.41 Å². The number of benzene rings is 2. The fraction of sp³-hybridized carbons (Fsp3) is 0.296. The van der Waals surface area contributed by atoms with Gasteiger partial charge >= 0.3 is 0 Å². The van der Waals surface area contributed by atoms with Crippen LogP contribution in [-0.2, 0) is 11.8 Å². The van der Waals surface area contributed by atoms with E-state index in [-0.39, 0.29) is 0 Å². The predicted molar refractivity (Wildman–Crippen MR) is 118 cm³/mol. The van der Waals surface area contributed by atoms with Gasteiger partial charge in [0.05, 0.1) is 35.0 Å². The molecule has 0 radical (unpaired) electrons. The fourth-order valence-electron chi connectivity index (χ4n) is 5.60. The molecule has 2 aromatic rings. The number of nitrogens with zero attached hydrogens (tertiary/aromatic N) is 4. The van der Waals surface area contributed by atoms with Gasteiger partial charge in [-0.3, -0.25) is 0 Å². The highest BCUT2D eigenvalue weighted by Gasteiger charge is 2.53. The Morgan fingerprint density at radius 2 is 1.55 bits per heavy atom. The third-order valence-electron chi connectivity index (χ3n) is 6.91. The van der Waals surface area contributed by atoms with Crippen molar-refractivity contribution < 1.29 is 0 Å². The zero-order valence-electron chi connectivity index (χ0n) is 17.4. The van der Waals surface area contributed by atoms with E-state index in [0.29, 0.717) is 16.7 Å². The molecular formula is C27H22N4. The summed E-state index contributed by atoms with van der Waals surface area (Å²) in [6, 6.07) is 22.8. The van der Waals surface area contributed by atoms with Gasteiger partial charge in [-0.25, -0.2) is 0 Å². The number of piperidine rings is 1. The second kappa shape index (κ2) is 7.46. The molecule has 1 fully saturated rings. The van der Waals surface area contributed by atoms with Crippen LogP contribution in [0.5, 0.6) is 0 Å². The molecule has 0 aromatic heterocycles. The van der Waals surface area contributed by atoms with Gasteiger partial charge in [0, 0.05) is 13.1 Å². The number of allylic oxidation sites excluding steroid dienone is 3. The van der Waals surface area contributed by atoms with Crippen LogP contribution in [0.4, 0.5) is 0 Å². The molecule has 2 aliphatic carbocycles. The maximum absolute atomic E-state index is 10.8. The minimum atomic E-state index is -1.26. The van der Waals surface area contributed by atoms with Gasteiger partial charge in [-0.05, 0) is 66.0 Å². The summed E-state index contributed by atoms with van der Waals surface area (Å²) in [5, 5.41) is 31.1. The summed E-state index contributed by atoms with van der Waals surface area (Å²) in [5.74, 6) is 0. The largest absolute Gasteiger partial charge is 0.370 e. The lowest BCUT2D eigenvalue weighted by Gasteiger charge is -2.32. The zero-order chi connectivity index (χ0) is 21.4. The Kier molecular flexibility index (Phi) is 4.62. The Morgan fingerprint density at radius 1 is 0.806 bits per heavy atom. The highest BCUT2D eigenvalue weighted by Crippen LogP contribution is 2.57. The number of fused-ring (bicyclic) bond motifs is 2. The first-order valence-electron chi connectivity index (χ1n) is 10.9. The Morgan fingerprint density at radius 3 is 2.29 bits per heavy atom. The van der Waals surface area contributed by atoms with Gasteiger partial charge in [-0.15, -0.1) is 0 Å². The van der Waals surface area contributed by atoms with E-state index in [4.69, 9.17) is 0 Å². The minimum Gasteiger partial charge on any atom is -0.370 e. The lowest BCUT2D eigenvalue weighted by molar-refractivity contribution is 0.287. The van der Waals surface area contributed by atoms with Crippen molar-refractivity contribution in [2.24, 2.45) is 0 Å². The quantitative estimate of drug-likeness (QED) is 0.709. The maximum atomic E-state index is 10.8. The first-order valence-corrected chi connectivity index (χ1v) is 10.9. The molecule has 0 saturated carbocycles. The number of hydrogen-bond acceptors (Lipinski definition) is 4. The van der Waals surface area contributed by atoms with E-state index in [0.717, 1.165) is 61.2 Å². The van der Waals surface area contributed by atoms with Crippen LogP contribution < -0.4 is 0 Å². The summed E-state index contributed by atoms with van der Waals surface area (Å²) < 4.78 is 0. The Balaban J connectivity index is 1.88. The minimum absolute atomic E-state index is 0.451. The van der Waals surface area contributed by atoms with Crippen LogP contribution in [0.15, 0.2) is 65.4 Å². The molecule has 4 heteroatoms. The molecule has 1 heterocycles. The molecule has 2 aromatic carbocycles. The third kappa shape index (κ3) is 2.64. The van der Waals surface area contributed by atoms with Gasteiger partial charge in [0.2, 0.25) is 0 Å². The van der Waals surface area contributed by atoms with Crippen molar-refractivity contribution in [2.45, 2.75) is 37.5 Å². The van der Waals surface area contributed by atoms with E-state index in [1.54, 1.807) is 6.07 Å². The van der Waals surface area contributed by atoms with Crippen molar-refractivity contribution in [3.63, 3.8) is 0 Å². The number of rotatable bonds is 2. The van der Waals surface area contributed by atoms with Gasteiger partial charge < -0.3 is 4.90 Å². The van der Waals surface area contributed by atoms with Crippen molar-refractivity contribution in [1.29, 1.82) is 15.8 Å². The Labute approximate surface area is 183 Å². The highest BCUT2D eigenvalue weighted by atomic mass is 15.1. The molecule has 31 heavy (non-hydrogen) atoms. The van der Waals surface area contributed by atoms with Gasteiger partial charge in [-0.2, -0.15) is 15.8 Å². The number of likely N-dealkylation sites (tertiary alicyclic amines) is 1. The molecular weight excluding hydrogens is 380 g/mol. The monoisotopic (exact) mass is 402 g/mol. The molecule has 1 aliphatic heterocycles. The standard InChI is InChI=1S/C27H22N4/c28-16-20-9-3-5-11-23(20)27(18-30)24(17-29)26(31-14-6-1-7-15-31)22-13-12-19-8-2-4-10-21(19)25(22)27/h2-5,8-11H,1,6-7,12-15H2/t27-/m1/s1. The van der Waals surface area contributed by atoms with Crippen LogP contribution in [0, 0.1) is 34.0 Å². The summed E-state index contributed by atoms with van der Waals surface area (Å²) in [6.07, 6.45) is 5.08. The van der Waals surface area contributed by atoms with Crippen LogP contribution in [0.2, 0.25) is 0 Å². The molecule has 0 spiro atoms. The lowest BCUT2D eigenvalue weighted by Crippen LogP contribution is -2.32. The van der Waals surface area contributed by atoms with Crippen LogP contribution in [0.25, 0.3) is 5.57 Å². The summed E-state index contributed by atoms with van der Waals surface area (Å²) in [6.45, 7) is 1.81. The first kappa shape index (κ1) is 19.2.